The van der Waals surface area contributed by atoms with Crippen LogP contribution in [0.4, 0.5) is 14.5 Å². The van der Waals surface area contributed by atoms with E-state index >= 15 is 0 Å². The number of guanidine groups is 1. The number of nitrogens with two attached hydrogens (primary N) is 1. The molecule has 2 aromatic rings. The van der Waals surface area contributed by atoms with Gasteiger partial charge < -0.3 is 20.5 Å². The number of hydrogen-bond acceptors (Lipinski definition) is 4. The lowest BCUT2D eigenvalue weighted by atomic mass is 10.3. The topological polar surface area (TPSA) is 86.7 Å². The molecule has 0 saturated heterocycles. The Balaban J connectivity index is 2.06. The number of ether oxygens (including phenoxy) is 2. The van der Waals surface area contributed by atoms with Crippen molar-refractivity contribution in [3.63, 3.8) is 0 Å². The number of rotatable bonds is 6. The van der Waals surface area contributed by atoms with Crippen LogP contribution in [0.15, 0.2) is 35.6 Å². The first kappa shape index (κ1) is 16.5. The Morgan fingerprint density at radius 3 is 2.74 bits per heavy atom. The summed E-state index contributed by atoms with van der Waals surface area (Å²) in [4.78, 5) is 7.82. The number of imidazole rings is 1. The van der Waals surface area contributed by atoms with E-state index in [4.69, 9.17) is 15.2 Å². The monoisotopic (exact) mass is 325 g/mol. The van der Waals surface area contributed by atoms with Crippen LogP contribution in [-0.4, -0.2) is 29.7 Å². The van der Waals surface area contributed by atoms with Crippen molar-refractivity contribution in [2.75, 3.05) is 19.5 Å². The number of benzene rings is 1. The third-order valence-electron chi connectivity index (χ3n) is 3.01. The molecule has 2 rings (SSSR count). The SMILES string of the molecule is COc1ccc(NC(N)=NCc2nccn2C(F)F)cc1OC. The molecule has 0 bridgehead atoms. The van der Waals surface area contributed by atoms with Gasteiger partial charge in [0.25, 0.3) is 0 Å². The van der Waals surface area contributed by atoms with Crippen molar-refractivity contribution in [3.8, 4) is 11.5 Å². The number of alkyl halides is 2. The van der Waals surface area contributed by atoms with Crippen LogP contribution in [0.3, 0.4) is 0 Å². The van der Waals surface area contributed by atoms with Crippen LogP contribution in [0, 0.1) is 0 Å². The minimum Gasteiger partial charge on any atom is -0.493 e. The minimum absolute atomic E-state index is 0.0660. The van der Waals surface area contributed by atoms with Crippen LogP contribution < -0.4 is 20.5 Å². The van der Waals surface area contributed by atoms with Crippen molar-refractivity contribution in [2.45, 2.75) is 13.1 Å². The molecule has 0 unspecified atom stereocenters. The summed E-state index contributed by atoms with van der Waals surface area (Å²) < 4.78 is 36.4. The highest BCUT2D eigenvalue weighted by atomic mass is 19.3. The van der Waals surface area contributed by atoms with Crippen molar-refractivity contribution in [1.82, 2.24) is 9.55 Å². The largest absolute Gasteiger partial charge is 0.493 e. The maximum Gasteiger partial charge on any atom is 0.319 e. The number of anilines is 1. The summed E-state index contributed by atoms with van der Waals surface area (Å²) >= 11 is 0. The molecule has 3 N–H and O–H groups in total. The molecule has 9 heteroatoms. The highest BCUT2D eigenvalue weighted by Gasteiger charge is 2.11. The average Bonchev–Trinajstić information content (AvgIpc) is 3.01. The fourth-order valence-electron chi connectivity index (χ4n) is 1.90. The highest BCUT2D eigenvalue weighted by molar-refractivity contribution is 5.92. The van der Waals surface area contributed by atoms with Gasteiger partial charge in [-0.25, -0.2) is 9.98 Å². The zero-order valence-electron chi connectivity index (χ0n) is 12.7. The first-order valence-corrected chi connectivity index (χ1v) is 6.64. The van der Waals surface area contributed by atoms with E-state index in [1.165, 1.54) is 26.6 Å². The Kier molecular flexibility index (Phi) is 5.34. The van der Waals surface area contributed by atoms with Gasteiger partial charge in [-0.15, -0.1) is 0 Å². The van der Waals surface area contributed by atoms with Gasteiger partial charge in [-0.05, 0) is 12.1 Å². The third-order valence-corrected chi connectivity index (χ3v) is 3.01. The molecule has 1 aromatic carbocycles. The van der Waals surface area contributed by atoms with E-state index in [-0.39, 0.29) is 18.3 Å². The van der Waals surface area contributed by atoms with Crippen molar-refractivity contribution >= 4 is 11.6 Å². The number of nitrogens with zero attached hydrogens (tertiary/aromatic N) is 3. The smallest absolute Gasteiger partial charge is 0.319 e. The van der Waals surface area contributed by atoms with Crippen LogP contribution in [0.25, 0.3) is 0 Å². The van der Waals surface area contributed by atoms with Crippen LogP contribution in [0.1, 0.15) is 12.4 Å². The molecule has 0 aliphatic rings. The fourth-order valence-corrected chi connectivity index (χ4v) is 1.90. The fraction of sp³-hybridized carbons (Fsp3) is 0.286. The summed E-state index contributed by atoms with van der Waals surface area (Å²) in [5, 5.41) is 2.85. The Labute approximate surface area is 131 Å². The third kappa shape index (κ3) is 4.09. The Bertz CT molecular complexity index is 688. The molecule has 0 radical (unpaired) electrons. The van der Waals surface area contributed by atoms with Crippen molar-refractivity contribution in [3.05, 3.63) is 36.4 Å². The number of nitrogens with one attached hydrogen (secondary N) is 1. The van der Waals surface area contributed by atoms with Gasteiger partial charge in [0.1, 0.15) is 12.4 Å². The quantitative estimate of drug-likeness (QED) is 0.628. The number of aliphatic imine (C=N–C) groups is 1. The first-order valence-electron chi connectivity index (χ1n) is 6.64. The molecule has 7 nitrogen and oxygen atoms in total. The number of hydrogen-bond donors (Lipinski definition) is 2. The zero-order chi connectivity index (χ0) is 16.8. The Morgan fingerprint density at radius 1 is 1.35 bits per heavy atom. The van der Waals surface area contributed by atoms with E-state index in [0.717, 1.165) is 4.57 Å². The summed E-state index contributed by atoms with van der Waals surface area (Å²) in [6.45, 7) is -2.73. The van der Waals surface area contributed by atoms with E-state index in [1.54, 1.807) is 18.2 Å². The van der Waals surface area contributed by atoms with Gasteiger partial charge in [-0.2, -0.15) is 8.78 Å². The van der Waals surface area contributed by atoms with Crippen molar-refractivity contribution in [1.29, 1.82) is 0 Å². The molecule has 0 atom stereocenters. The summed E-state index contributed by atoms with van der Waals surface area (Å²) in [5.41, 5.74) is 6.38. The van der Waals surface area contributed by atoms with Gasteiger partial charge in [0.2, 0.25) is 0 Å². The van der Waals surface area contributed by atoms with E-state index in [9.17, 15) is 8.78 Å². The normalized spacial score (nSPS) is 11.6. The number of methoxy groups -OCH3 is 2. The van der Waals surface area contributed by atoms with E-state index in [1.807, 2.05) is 0 Å². The van der Waals surface area contributed by atoms with E-state index < -0.39 is 6.55 Å². The second kappa shape index (κ2) is 7.43. The highest BCUT2D eigenvalue weighted by Crippen LogP contribution is 2.29. The van der Waals surface area contributed by atoms with Crippen LogP contribution in [-0.2, 0) is 6.54 Å². The Hall–Kier alpha value is -2.84. The molecule has 124 valence electrons. The summed E-state index contributed by atoms with van der Waals surface area (Å²) in [7, 11) is 3.05. The standard InChI is InChI=1S/C14H17F2N5O2/c1-22-10-4-3-9(7-11(10)23-2)20-14(17)19-8-12-18-5-6-21(12)13(15)16/h3-7,13H,8H2,1-2H3,(H3,17,19,20). The molecule has 0 amide bonds. The van der Waals surface area contributed by atoms with Gasteiger partial charge >= 0.3 is 6.55 Å². The second-order valence-electron chi connectivity index (χ2n) is 4.42. The lowest BCUT2D eigenvalue weighted by Crippen LogP contribution is -2.23. The molecule has 0 fully saturated rings. The molecule has 0 aliphatic heterocycles. The molecule has 0 spiro atoms. The summed E-state index contributed by atoms with van der Waals surface area (Å²) in [6.07, 6.45) is 2.47. The van der Waals surface area contributed by atoms with Crippen molar-refractivity contribution in [2.24, 2.45) is 10.7 Å². The van der Waals surface area contributed by atoms with Gasteiger partial charge in [0.15, 0.2) is 17.5 Å². The maximum atomic E-state index is 12.7. The van der Waals surface area contributed by atoms with Gasteiger partial charge in [0.05, 0.1) is 14.2 Å². The molecular formula is C14H17F2N5O2. The molecule has 0 saturated carbocycles. The molecule has 0 aliphatic carbocycles. The minimum atomic E-state index is -2.66. The summed E-state index contributed by atoms with van der Waals surface area (Å²) in [6, 6.07) is 5.11. The van der Waals surface area contributed by atoms with E-state index in [2.05, 4.69) is 15.3 Å². The molecule has 23 heavy (non-hydrogen) atoms. The van der Waals surface area contributed by atoms with Crippen LogP contribution >= 0.6 is 0 Å². The second-order valence-corrected chi connectivity index (χ2v) is 4.42. The van der Waals surface area contributed by atoms with E-state index in [0.29, 0.717) is 17.2 Å². The first-order chi connectivity index (χ1) is 11.0. The predicted molar refractivity (Wildman–Crippen MR) is 82.0 cm³/mol. The summed E-state index contributed by atoms with van der Waals surface area (Å²) in [5.74, 6) is 1.30. The molecular weight excluding hydrogens is 308 g/mol. The van der Waals surface area contributed by atoms with Gasteiger partial charge in [-0.1, -0.05) is 0 Å². The number of aromatic nitrogens is 2. The van der Waals surface area contributed by atoms with Gasteiger partial charge in [0, 0.05) is 24.1 Å². The maximum absolute atomic E-state index is 12.7. The lowest BCUT2D eigenvalue weighted by Gasteiger charge is -2.11. The van der Waals surface area contributed by atoms with Gasteiger partial charge in [-0.3, -0.25) is 4.57 Å². The number of halogens is 2. The molecule has 1 heterocycles. The van der Waals surface area contributed by atoms with Crippen LogP contribution in [0.2, 0.25) is 0 Å². The zero-order valence-corrected chi connectivity index (χ0v) is 12.7. The van der Waals surface area contributed by atoms with Crippen molar-refractivity contribution < 1.29 is 18.3 Å². The lowest BCUT2D eigenvalue weighted by molar-refractivity contribution is 0.0671. The van der Waals surface area contributed by atoms with Crippen LogP contribution in [0.5, 0.6) is 11.5 Å². The predicted octanol–water partition coefficient (Wildman–Crippen LogP) is 2.22. The molecule has 1 aromatic heterocycles. The average molecular weight is 325 g/mol. The Morgan fingerprint density at radius 2 is 2.09 bits per heavy atom.